The summed E-state index contributed by atoms with van der Waals surface area (Å²) in [7, 11) is 0. The smallest absolute Gasteiger partial charge is 0.307 e. The Kier molecular flexibility index (Phi) is 5.01. The number of carboxylic acids is 1. The lowest BCUT2D eigenvalue weighted by Gasteiger charge is -2.24. The maximum Gasteiger partial charge on any atom is 0.307 e. The molecule has 0 amide bonds. The minimum atomic E-state index is -0.847. The molecule has 1 N–H and O–H groups in total. The highest BCUT2D eigenvalue weighted by Gasteiger charge is 2.12. The number of hydrogen-bond donors (Lipinski definition) is 1. The number of carboxylic acid groups (broad SMARTS) is 1. The molecule has 0 saturated carbocycles. The van der Waals surface area contributed by atoms with Crippen molar-refractivity contribution in [1.29, 1.82) is 0 Å². The molecular weight excluding hydrogens is 320 g/mol. The van der Waals surface area contributed by atoms with Gasteiger partial charge in [-0.15, -0.1) is 0 Å². The van der Waals surface area contributed by atoms with Gasteiger partial charge in [-0.05, 0) is 42.3 Å². The highest BCUT2D eigenvalue weighted by atomic mass is 32.2. The molecule has 2 aromatic carbocycles. The van der Waals surface area contributed by atoms with Crippen molar-refractivity contribution in [2.45, 2.75) is 13.3 Å². The molecule has 1 aliphatic rings. The highest BCUT2D eigenvalue weighted by molar-refractivity contribution is 8.14. The van der Waals surface area contributed by atoms with Crippen LogP contribution in [0.3, 0.4) is 0 Å². The van der Waals surface area contributed by atoms with Gasteiger partial charge in [-0.3, -0.25) is 4.79 Å². The van der Waals surface area contributed by atoms with E-state index in [1.54, 1.807) is 11.8 Å². The van der Waals surface area contributed by atoms with Gasteiger partial charge in [-0.1, -0.05) is 42.1 Å². The monoisotopic (exact) mass is 338 g/mol. The molecule has 0 saturated heterocycles. The van der Waals surface area contributed by atoms with Crippen LogP contribution in [-0.2, 0) is 11.2 Å². The van der Waals surface area contributed by atoms with Gasteiger partial charge in [0.1, 0.15) is 0 Å². The van der Waals surface area contributed by atoms with Gasteiger partial charge in [0.25, 0.3) is 0 Å². The number of carbonyl (C=O) groups is 1. The molecule has 0 atom stereocenters. The van der Waals surface area contributed by atoms with Crippen molar-refractivity contribution in [2.75, 3.05) is 10.8 Å². The zero-order valence-electron chi connectivity index (χ0n) is 13.3. The minimum Gasteiger partial charge on any atom is -0.481 e. The molecule has 1 heterocycles. The fourth-order valence-electron chi connectivity index (χ4n) is 2.47. The second-order valence-corrected chi connectivity index (χ2v) is 6.51. The molecule has 4 nitrogen and oxygen atoms in total. The Bertz CT molecular complexity index is 815. The number of aliphatic imine (C=N–C) groups is 1. The number of nitrogens with zero attached hydrogens (tertiary/aromatic N) is 2. The van der Waals surface area contributed by atoms with Gasteiger partial charge in [0.2, 0.25) is 0 Å². The van der Waals surface area contributed by atoms with Crippen LogP contribution in [0.15, 0.2) is 65.8 Å². The lowest BCUT2D eigenvalue weighted by molar-refractivity contribution is -0.136. The summed E-state index contributed by atoms with van der Waals surface area (Å²) in [6.45, 7) is 2.08. The van der Waals surface area contributed by atoms with Gasteiger partial charge < -0.3 is 10.0 Å². The van der Waals surface area contributed by atoms with E-state index in [1.165, 1.54) is 5.56 Å². The summed E-state index contributed by atoms with van der Waals surface area (Å²) in [4.78, 5) is 17.8. The third-order valence-corrected chi connectivity index (χ3v) is 4.58. The molecule has 0 aromatic heterocycles. The molecule has 5 heteroatoms. The first kappa shape index (κ1) is 16.3. The first-order chi connectivity index (χ1) is 11.6. The van der Waals surface area contributed by atoms with Crippen LogP contribution in [0.1, 0.15) is 11.1 Å². The predicted molar refractivity (Wildman–Crippen MR) is 100 cm³/mol. The Balaban J connectivity index is 1.80. The van der Waals surface area contributed by atoms with E-state index >= 15 is 0 Å². The van der Waals surface area contributed by atoms with Crippen molar-refractivity contribution < 1.29 is 9.90 Å². The van der Waals surface area contributed by atoms with Crippen LogP contribution in [0.5, 0.6) is 0 Å². The third kappa shape index (κ3) is 4.06. The van der Waals surface area contributed by atoms with Crippen LogP contribution in [0, 0.1) is 6.92 Å². The average molecular weight is 338 g/mol. The highest BCUT2D eigenvalue weighted by Crippen LogP contribution is 2.27. The Morgan fingerprint density at radius 3 is 2.79 bits per heavy atom. The Labute approximate surface area is 145 Å². The molecule has 0 fully saturated rings. The molecule has 0 unspecified atom stereocenters. The van der Waals surface area contributed by atoms with Gasteiger partial charge in [-0.25, -0.2) is 4.99 Å². The van der Waals surface area contributed by atoms with Gasteiger partial charge in [-0.2, -0.15) is 0 Å². The fraction of sp³-hybridized carbons (Fsp3) is 0.158. The normalized spacial score (nSPS) is 15.7. The second kappa shape index (κ2) is 7.36. The molecule has 0 radical (unpaired) electrons. The first-order valence-electron chi connectivity index (χ1n) is 7.64. The summed E-state index contributed by atoms with van der Waals surface area (Å²) < 4.78 is 0. The van der Waals surface area contributed by atoms with Gasteiger partial charge in [0.05, 0.1) is 23.0 Å². The Hall–Kier alpha value is -2.53. The number of benzene rings is 2. The molecule has 2 aromatic rings. The van der Waals surface area contributed by atoms with Gasteiger partial charge in [0.15, 0.2) is 0 Å². The summed E-state index contributed by atoms with van der Waals surface area (Å²) in [6.07, 6.45) is 3.97. The van der Waals surface area contributed by atoms with Crippen LogP contribution >= 0.6 is 11.8 Å². The van der Waals surface area contributed by atoms with Crippen molar-refractivity contribution in [3.8, 4) is 0 Å². The lowest BCUT2D eigenvalue weighted by atomic mass is 10.1. The molecule has 0 spiro atoms. The van der Waals surface area contributed by atoms with Crippen LogP contribution in [0.2, 0.25) is 0 Å². The van der Waals surface area contributed by atoms with E-state index in [4.69, 9.17) is 5.11 Å². The number of anilines is 1. The predicted octanol–water partition coefficient (Wildman–Crippen LogP) is 4.38. The maximum atomic E-state index is 11.0. The maximum absolute atomic E-state index is 11.0. The van der Waals surface area contributed by atoms with Crippen LogP contribution in [0.25, 0.3) is 0 Å². The standard InChI is InChI=1S/C19H18N2O2S/c1-14-5-4-7-16(11-14)21-10-9-18(24-13-21)20-17-8-3-2-6-15(17)12-19(22)23/h2-11H,12-13H2,1H3,(H,22,23). The van der Waals surface area contributed by atoms with Crippen molar-refractivity contribution in [3.05, 3.63) is 71.9 Å². The largest absolute Gasteiger partial charge is 0.481 e. The molecular formula is C19H18N2O2S. The third-order valence-electron chi connectivity index (χ3n) is 3.65. The molecule has 3 rings (SSSR count). The van der Waals surface area contributed by atoms with Crippen molar-refractivity contribution in [2.24, 2.45) is 4.99 Å². The number of aliphatic carboxylic acids is 1. The average Bonchev–Trinajstić information content (AvgIpc) is 2.57. The zero-order valence-corrected chi connectivity index (χ0v) is 14.2. The summed E-state index contributed by atoms with van der Waals surface area (Å²) in [5, 5.41) is 9.89. The summed E-state index contributed by atoms with van der Waals surface area (Å²) in [5.41, 5.74) is 3.83. The number of aryl methyl sites for hydroxylation is 1. The summed E-state index contributed by atoms with van der Waals surface area (Å²) in [5.74, 6) is -0.0695. The van der Waals surface area contributed by atoms with Gasteiger partial charge in [0, 0.05) is 11.9 Å². The minimum absolute atomic E-state index is 0.0171. The topological polar surface area (TPSA) is 52.9 Å². The Morgan fingerprint density at radius 1 is 1.25 bits per heavy atom. The van der Waals surface area contributed by atoms with Crippen LogP contribution < -0.4 is 4.90 Å². The van der Waals surface area contributed by atoms with E-state index in [-0.39, 0.29) is 6.42 Å². The zero-order chi connectivity index (χ0) is 16.9. The quantitative estimate of drug-likeness (QED) is 0.899. The lowest BCUT2D eigenvalue weighted by Crippen LogP contribution is -2.20. The SMILES string of the molecule is Cc1cccc(N2C=CC(=Nc3ccccc3CC(=O)O)SC2)c1. The molecule has 122 valence electrons. The molecule has 1 aliphatic heterocycles. The van der Waals surface area contributed by atoms with Crippen LogP contribution in [0.4, 0.5) is 11.4 Å². The van der Waals surface area contributed by atoms with Crippen molar-refractivity contribution >= 4 is 34.1 Å². The number of rotatable bonds is 4. The number of thioether (sulfide) groups is 1. The van der Waals surface area contributed by atoms with E-state index in [9.17, 15) is 4.79 Å². The number of hydrogen-bond acceptors (Lipinski definition) is 4. The molecule has 24 heavy (non-hydrogen) atoms. The Morgan fingerprint density at radius 2 is 2.08 bits per heavy atom. The van der Waals surface area contributed by atoms with E-state index in [0.717, 1.165) is 27.9 Å². The van der Waals surface area contributed by atoms with E-state index in [0.29, 0.717) is 0 Å². The number of para-hydroxylation sites is 1. The second-order valence-electron chi connectivity index (χ2n) is 5.55. The van der Waals surface area contributed by atoms with Crippen LogP contribution in [-0.4, -0.2) is 22.0 Å². The summed E-state index contributed by atoms with van der Waals surface area (Å²) in [6, 6.07) is 15.7. The van der Waals surface area contributed by atoms with E-state index in [1.807, 2.05) is 36.5 Å². The van der Waals surface area contributed by atoms with Crippen molar-refractivity contribution in [1.82, 2.24) is 0 Å². The molecule has 0 bridgehead atoms. The summed E-state index contributed by atoms with van der Waals surface area (Å²) >= 11 is 1.64. The van der Waals surface area contributed by atoms with Gasteiger partial charge >= 0.3 is 5.97 Å². The first-order valence-corrected chi connectivity index (χ1v) is 8.63. The molecule has 0 aliphatic carbocycles. The fourth-order valence-corrected chi connectivity index (χ4v) is 3.29. The van der Waals surface area contributed by atoms with E-state index in [2.05, 4.69) is 41.1 Å². The van der Waals surface area contributed by atoms with Crippen molar-refractivity contribution in [3.63, 3.8) is 0 Å². The van der Waals surface area contributed by atoms with E-state index < -0.39 is 5.97 Å².